The quantitative estimate of drug-likeness (QED) is 0.641. The minimum atomic E-state index is -0.414. The van der Waals surface area contributed by atoms with Gasteiger partial charge >= 0.3 is 11.9 Å². The fraction of sp³-hybridized carbons (Fsp3) is 0.800. The van der Waals surface area contributed by atoms with Crippen molar-refractivity contribution in [2.24, 2.45) is 11.8 Å². The van der Waals surface area contributed by atoms with E-state index in [4.69, 9.17) is 9.47 Å². The van der Waals surface area contributed by atoms with E-state index >= 15 is 0 Å². The van der Waals surface area contributed by atoms with Gasteiger partial charge in [-0.15, -0.1) is 0 Å². The highest BCUT2D eigenvalue weighted by atomic mass is 16.6. The number of rotatable bonds is 3. The summed E-state index contributed by atoms with van der Waals surface area (Å²) >= 11 is 0. The molecular weight excluding hydrogens is 184 g/mol. The molecule has 1 saturated heterocycles. The molecule has 0 spiro atoms. The first-order valence-electron chi connectivity index (χ1n) is 4.92. The molecule has 0 aromatic carbocycles. The summed E-state index contributed by atoms with van der Waals surface area (Å²) in [4.78, 5) is 22.5. The van der Waals surface area contributed by atoms with Crippen LogP contribution in [0, 0.1) is 11.8 Å². The number of hydrogen-bond acceptors (Lipinski definition) is 4. The van der Waals surface area contributed by atoms with Crippen LogP contribution in [0.3, 0.4) is 0 Å². The molecule has 0 saturated carbocycles. The molecule has 1 fully saturated rings. The topological polar surface area (TPSA) is 52.6 Å². The molecule has 1 rings (SSSR count). The Hall–Kier alpha value is -1.06. The highest BCUT2D eigenvalue weighted by molar-refractivity contribution is 5.83. The minimum absolute atomic E-state index is 0.149. The molecule has 80 valence electrons. The van der Waals surface area contributed by atoms with Crippen LogP contribution in [0.1, 0.15) is 27.2 Å². The Morgan fingerprint density at radius 2 is 2.29 bits per heavy atom. The van der Waals surface area contributed by atoms with Crippen LogP contribution in [0.4, 0.5) is 0 Å². The van der Waals surface area contributed by atoms with E-state index in [1.807, 2.05) is 13.8 Å². The summed E-state index contributed by atoms with van der Waals surface area (Å²) in [6, 6.07) is 0. The Balaban J connectivity index is 2.66. The normalized spacial score (nSPS) is 26.4. The van der Waals surface area contributed by atoms with Crippen molar-refractivity contribution in [2.75, 3.05) is 6.61 Å². The van der Waals surface area contributed by atoms with Gasteiger partial charge in [-0.2, -0.15) is 0 Å². The fourth-order valence-corrected chi connectivity index (χ4v) is 1.65. The molecule has 0 radical (unpaired) electrons. The van der Waals surface area contributed by atoms with E-state index in [1.165, 1.54) is 0 Å². The van der Waals surface area contributed by atoms with Gasteiger partial charge in [0.05, 0.1) is 13.0 Å². The lowest BCUT2D eigenvalue weighted by Gasteiger charge is -2.19. The Morgan fingerprint density at radius 3 is 2.79 bits per heavy atom. The summed E-state index contributed by atoms with van der Waals surface area (Å²) in [5.41, 5.74) is 0. The molecule has 1 aliphatic rings. The van der Waals surface area contributed by atoms with Gasteiger partial charge < -0.3 is 9.47 Å². The summed E-state index contributed by atoms with van der Waals surface area (Å²) in [5.74, 6) is -0.892. The molecule has 2 atom stereocenters. The number of carbonyl (C=O) groups is 2. The van der Waals surface area contributed by atoms with Crippen LogP contribution in [-0.2, 0) is 19.1 Å². The average molecular weight is 200 g/mol. The lowest BCUT2D eigenvalue weighted by Crippen LogP contribution is -2.30. The van der Waals surface area contributed by atoms with Crippen molar-refractivity contribution in [2.45, 2.75) is 33.3 Å². The third-order valence-electron chi connectivity index (χ3n) is 2.30. The summed E-state index contributed by atoms with van der Waals surface area (Å²) in [6.45, 7) is 5.94. The lowest BCUT2D eigenvalue weighted by atomic mass is 9.93. The molecule has 1 aliphatic heterocycles. The zero-order valence-corrected chi connectivity index (χ0v) is 8.78. The Kier molecular flexibility index (Phi) is 3.49. The lowest BCUT2D eigenvalue weighted by molar-refractivity contribution is -0.151. The Labute approximate surface area is 83.6 Å². The summed E-state index contributed by atoms with van der Waals surface area (Å²) < 4.78 is 9.95. The van der Waals surface area contributed by atoms with Gasteiger partial charge in [0.1, 0.15) is 12.0 Å². The Bertz CT molecular complexity index is 234. The molecule has 4 heteroatoms. The van der Waals surface area contributed by atoms with Crippen molar-refractivity contribution in [3.63, 3.8) is 0 Å². The second kappa shape index (κ2) is 4.44. The van der Waals surface area contributed by atoms with Crippen LogP contribution in [0.25, 0.3) is 0 Å². The second-order valence-corrected chi connectivity index (χ2v) is 3.76. The molecule has 0 aromatic rings. The first kappa shape index (κ1) is 11.0. The third-order valence-corrected chi connectivity index (χ3v) is 2.30. The summed E-state index contributed by atoms with van der Waals surface area (Å²) in [7, 11) is 0. The van der Waals surface area contributed by atoms with Gasteiger partial charge in [0.25, 0.3) is 0 Å². The van der Waals surface area contributed by atoms with Crippen molar-refractivity contribution in [1.29, 1.82) is 0 Å². The van der Waals surface area contributed by atoms with Crippen LogP contribution in [0.15, 0.2) is 0 Å². The molecule has 0 unspecified atom stereocenters. The van der Waals surface area contributed by atoms with Crippen LogP contribution in [-0.4, -0.2) is 24.6 Å². The molecule has 0 bridgehead atoms. The van der Waals surface area contributed by atoms with E-state index in [1.54, 1.807) is 6.92 Å². The van der Waals surface area contributed by atoms with Gasteiger partial charge in [0.15, 0.2) is 0 Å². The van der Waals surface area contributed by atoms with Gasteiger partial charge in [0, 0.05) is 0 Å². The fourth-order valence-electron chi connectivity index (χ4n) is 1.65. The molecule has 0 amide bonds. The van der Waals surface area contributed by atoms with Crippen molar-refractivity contribution < 1.29 is 19.1 Å². The first-order chi connectivity index (χ1) is 6.56. The van der Waals surface area contributed by atoms with Gasteiger partial charge in [-0.25, -0.2) is 0 Å². The predicted octanol–water partition coefficient (Wildman–Crippen LogP) is 1.14. The largest absolute Gasteiger partial charge is 0.466 e. The zero-order valence-electron chi connectivity index (χ0n) is 8.78. The molecule has 1 heterocycles. The van der Waals surface area contributed by atoms with Gasteiger partial charge in [-0.1, -0.05) is 13.8 Å². The molecule has 0 N–H and O–H groups in total. The van der Waals surface area contributed by atoms with E-state index in [9.17, 15) is 9.59 Å². The molecular formula is C10H16O4. The highest BCUT2D eigenvalue weighted by Gasteiger charge is 2.42. The van der Waals surface area contributed by atoms with Crippen molar-refractivity contribution >= 4 is 11.9 Å². The van der Waals surface area contributed by atoms with E-state index in [-0.39, 0.29) is 30.4 Å². The monoisotopic (exact) mass is 200 g/mol. The number of carbonyl (C=O) groups excluding carboxylic acids is 2. The maximum Gasteiger partial charge on any atom is 0.313 e. The number of ether oxygens (including phenoxy) is 2. The number of cyclic esters (lactones) is 1. The van der Waals surface area contributed by atoms with E-state index < -0.39 is 5.92 Å². The van der Waals surface area contributed by atoms with Gasteiger partial charge in [-0.05, 0) is 12.8 Å². The van der Waals surface area contributed by atoms with Gasteiger partial charge in [-0.3, -0.25) is 9.59 Å². The van der Waals surface area contributed by atoms with E-state index in [0.717, 1.165) is 0 Å². The summed E-state index contributed by atoms with van der Waals surface area (Å²) in [5, 5.41) is 0. The van der Waals surface area contributed by atoms with Crippen LogP contribution in [0.2, 0.25) is 0 Å². The maximum atomic E-state index is 11.5. The van der Waals surface area contributed by atoms with Crippen LogP contribution < -0.4 is 0 Å². The minimum Gasteiger partial charge on any atom is -0.466 e. The standard InChI is InChI=1S/C10H16O4/c1-4-13-10(12)7-5-8(11)14-9(7)6(2)3/h6-7,9H,4-5H2,1-3H3/t7-,9+/m0/s1. The molecule has 0 aliphatic carbocycles. The number of hydrogen-bond donors (Lipinski definition) is 0. The SMILES string of the molecule is CCOC(=O)[C@H]1CC(=O)O[C@@H]1C(C)C. The molecule has 4 nitrogen and oxygen atoms in total. The predicted molar refractivity (Wildman–Crippen MR) is 49.5 cm³/mol. The second-order valence-electron chi connectivity index (χ2n) is 3.76. The van der Waals surface area contributed by atoms with E-state index in [2.05, 4.69) is 0 Å². The van der Waals surface area contributed by atoms with Crippen molar-refractivity contribution in [1.82, 2.24) is 0 Å². The third kappa shape index (κ3) is 2.25. The first-order valence-corrected chi connectivity index (χ1v) is 4.92. The maximum absolute atomic E-state index is 11.5. The summed E-state index contributed by atoms with van der Waals surface area (Å²) in [6.07, 6.45) is -0.164. The average Bonchev–Trinajstić information content (AvgIpc) is 2.48. The number of esters is 2. The highest BCUT2D eigenvalue weighted by Crippen LogP contribution is 2.28. The molecule has 0 aromatic heterocycles. The van der Waals surface area contributed by atoms with Crippen LogP contribution >= 0.6 is 0 Å². The van der Waals surface area contributed by atoms with Crippen molar-refractivity contribution in [3.8, 4) is 0 Å². The smallest absolute Gasteiger partial charge is 0.313 e. The van der Waals surface area contributed by atoms with Crippen LogP contribution in [0.5, 0.6) is 0 Å². The molecule has 14 heavy (non-hydrogen) atoms. The van der Waals surface area contributed by atoms with Crippen molar-refractivity contribution in [3.05, 3.63) is 0 Å². The zero-order chi connectivity index (χ0) is 10.7. The Morgan fingerprint density at radius 1 is 1.64 bits per heavy atom. The van der Waals surface area contributed by atoms with E-state index in [0.29, 0.717) is 6.61 Å². The van der Waals surface area contributed by atoms with Gasteiger partial charge in [0.2, 0.25) is 0 Å².